The molecule has 1 unspecified atom stereocenters. The van der Waals surface area contributed by atoms with Gasteiger partial charge in [-0.2, -0.15) is 5.10 Å². The van der Waals surface area contributed by atoms with E-state index in [1.54, 1.807) is 6.20 Å². The highest BCUT2D eigenvalue weighted by Gasteiger charge is 2.10. The van der Waals surface area contributed by atoms with Crippen LogP contribution in [0, 0.1) is 0 Å². The quantitative estimate of drug-likeness (QED) is 0.737. The van der Waals surface area contributed by atoms with Gasteiger partial charge in [-0.15, -0.1) is 0 Å². The van der Waals surface area contributed by atoms with Crippen molar-refractivity contribution in [3.8, 4) is 0 Å². The molecule has 6 heteroatoms. The van der Waals surface area contributed by atoms with Crippen molar-refractivity contribution in [2.75, 3.05) is 25.0 Å². The fourth-order valence-corrected chi connectivity index (χ4v) is 2.71. The number of hydrogen-bond acceptors (Lipinski definition) is 4. The topological polar surface area (TPSA) is 50.2 Å². The minimum atomic E-state index is -0.0853. The lowest BCUT2D eigenvalue weighted by Gasteiger charge is -2.20. The van der Waals surface area contributed by atoms with Crippen LogP contribution >= 0.6 is 15.9 Å². The van der Waals surface area contributed by atoms with Crippen LogP contribution in [0.1, 0.15) is 40.5 Å². The highest BCUT2D eigenvalue weighted by Crippen LogP contribution is 2.18. The van der Waals surface area contributed by atoms with Crippen LogP contribution in [-0.4, -0.2) is 40.4 Å². The maximum absolute atomic E-state index is 12.0. The van der Waals surface area contributed by atoms with Crippen LogP contribution < -0.4 is 10.9 Å². The second-order valence-electron chi connectivity index (χ2n) is 5.21. The van der Waals surface area contributed by atoms with Crippen molar-refractivity contribution in [1.82, 2.24) is 14.7 Å². The van der Waals surface area contributed by atoms with E-state index in [4.69, 9.17) is 0 Å². The second-order valence-corrected chi connectivity index (χ2v) is 6.00. The van der Waals surface area contributed by atoms with Gasteiger partial charge in [-0.1, -0.05) is 13.8 Å². The lowest BCUT2D eigenvalue weighted by molar-refractivity contribution is 0.295. The molecule has 0 radical (unpaired) electrons. The van der Waals surface area contributed by atoms with Crippen LogP contribution in [0.15, 0.2) is 15.5 Å². The van der Waals surface area contributed by atoms with Crippen LogP contribution in [0.25, 0.3) is 0 Å². The molecule has 0 spiro atoms. The molecule has 1 heterocycles. The van der Waals surface area contributed by atoms with Crippen LogP contribution in [-0.2, 0) is 6.54 Å². The maximum Gasteiger partial charge on any atom is 0.283 e. The number of anilines is 1. The van der Waals surface area contributed by atoms with Gasteiger partial charge >= 0.3 is 0 Å². The highest BCUT2D eigenvalue weighted by atomic mass is 79.9. The van der Waals surface area contributed by atoms with Crippen molar-refractivity contribution in [2.45, 2.75) is 53.1 Å². The molecule has 0 aliphatic rings. The molecule has 5 nitrogen and oxygen atoms in total. The molecular weight excluding hydrogens is 332 g/mol. The van der Waals surface area contributed by atoms with E-state index in [2.05, 4.69) is 52.0 Å². The number of rotatable bonds is 9. The molecule has 0 saturated carbocycles. The van der Waals surface area contributed by atoms with Crippen molar-refractivity contribution in [3.63, 3.8) is 0 Å². The van der Waals surface area contributed by atoms with Gasteiger partial charge in [0.15, 0.2) is 0 Å². The third-order valence-electron chi connectivity index (χ3n) is 3.69. The van der Waals surface area contributed by atoms with Gasteiger partial charge in [-0.05, 0) is 62.3 Å². The Hall–Kier alpha value is -0.880. The average Bonchev–Trinajstić information content (AvgIpc) is 2.49. The van der Waals surface area contributed by atoms with Crippen molar-refractivity contribution in [2.24, 2.45) is 0 Å². The molecule has 1 aromatic heterocycles. The molecule has 0 saturated heterocycles. The SMILES string of the molecule is CCN(CC)CCCC(C)Nc1cnn(CC)c(=O)c1Br. The van der Waals surface area contributed by atoms with Crippen LogP contribution in [0.5, 0.6) is 0 Å². The van der Waals surface area contributed by atoms with E-state index < -0.39 is 0 Å². The fraction of sp³-hybridized carbons (Fsp3) is 0.733. The van der Waals surface area contributed by atoms with E-state index in [0.29, 0.717) is 17.1 Å². The lowest BCUT2D eigenvalue weighted by Crippen LogP contribution is -2.27. The summed E-state index contributed by atoms with van der Waals surface area (Å²) in [6.07, 6.45) is 3.93. The monoisotopic (exact) mass is 358 g/mol. The molecule has 0 fully saturated rings. The van der Waals surface area contributed by atoms with Gasteiger partial charge in [0.1, 0.15) is 4.47 Å². The molecular formula is C15H27BrN4O. The van der Waals surface area contributed by atoms with Crippen molar-refractivity contribution in [3.05, 3.63) is 21.0 Å². The van der Waals surface area contributed by atoms with Gasteiger partial charge in [0, 0.05) is 12.6 Å². The zero-order chi connectivity index (χ0) is 15.8. The number of nitrogens with one attached hydrogen (secondary N) is 1. The number of aromatic nitrogens is 2. The standard InChI is InChI=1S/C15H27BrN4O/c1-5-19(6-2)10-8-9-12(4)18-13-11-17-20(7-3)15(21)14(13)16/h11-12,18H,5-10H2,1-4H3. The van der Waals surface area contributed by atoms with Gasteiger partial charge in [-0.3, -0.25) is 4.79 Å². The summed E-state index contributed by atoms with van der Waals surface area (Å²) in [6, 6.07) is 0.315. The van der Waals surface area contributed by atoms with Gasteiger partial charge in [0.25, 0.3) is 5.56 Å². The summed E-state index contributed by atoms with van der Waals surface area (Å²) in [5.41, 5.74) is 0.692. The van der Waals surface area contributed by atoms with Gasteiger partial charge < -0.3 is 10.2 Å². The first-order valence-corrected chi connectivity index (χ1v) is 8.57. The average molecular weight is 359 g/mol. The van der Waals surface area contributed by atoms with Crippen molar-refractivity contribution in [1.29, 1.82) is 0 Å². The van der Waals surface area contributed by atoms with Crippen LogP contribution in [0.3, 0.4) is 0 Å². The fourth-order valence-electron chi connectivity index (χ4n) is 2.29. The maximum atomic E-state index is 12.0. The summed E-state index contributed by atoms with van der Waals surface area (Å²) in [5.74, 6) is 0. The third-order valence-corrected chi connectivity index (χ3v) is 4.46. The Balaban J connectivity index is 2.54. The Morgan fingerprint density at radius 1 is 1.38 bits per heavy atom. The number of halogens is 1. The number of hydrogen-bond donors (Lipinski definition) is 1. The molecule has 0 amide bonds. The first-order valence-electron chi connectivity index (χ1n) is 7.77. The minimum absolute atomic E-state index is 0.0853. The number of aryl methyl sites for hydroxylation is 1. The van der Waals surface area contributed by atoms with Crippen LogP contribution in [0.2, 0.25) is 0 Å². The van der Waals surface area contributed by atoms with E-state index in [9.17, 15) is 4.79 Å². The van der Waals surface area contributed by atoms with Gasteiger partial charge in [0.05, 0.1) is 11.9 Å². The molecule has 1 aromatic rings. The zero-order valence-electron chi connectivity index (χ0n) is 13.5. The summed E-state index contributed by atoms with van der Waals surface area (Å²) < 4.78 is 2.01. The minimum Gasteiger partial charge on any atom is -0.380 e. The molecule has 1 atom stereocenters. The van der Waals surface area contributed by atoms with E-state index in [1.807, 2.05) is 6.92 Å². The van der Waals surface area contributed by atoms with E-state index in [1.165, 1.54) is 4.68 Å². The molecule has 1 rings (SSSR count). The summed E-state index contributed by atoms with van der Waals surface area (Å²) in [5, 5.41) is 7.52. The smallest absolute Gasteiger partial charge is 0.283 e. The molecule has 0 aliphatic heterocycles. The summed E-state index contributed by atoms with van der Waals surface area (Å²) in [4.78, 5) is 14.4. The molecule has 21 heavy (non-hydrogen) atoms. The molecule has 0 aliphatic carbocycles. The van der Waals surface area contributed by atoms with E-state index in [-0.39, 0.29) is 5.56 Å². The first kappa shape index (κ1) is 18.2. The first-order chi connectivity index (χ1) is 10.0. The number of nitrogens with zero attached hydrogens (tertiary/aromatic N) is 3. The Bertz CT molecular complexity index is 485. The Labute approximate surface area is 135 Å². The predicted octanol–water partition coefficient (Wildman–Crippen LogP) is 2.95. The largest absolute Gasteiger partial charge is 0.380 e. The Morgan fingerprint density at radius 2 is 2.05 bits per heavy atom. The van der Waals surface area contributed by atoms with Crippen molar-refractivity contribution < 1.29 is 0 Å². The summed E-state index contributed by atoms with van der Waals surface area (Å²) in [7, 11) is 0. The molecule has 0 bridgehead atoms. The van der Waals surface area contributed by atoms with Gasteiger partial charge in [-0.25, -0.2) is 4.68 Å². The highest BCUT2D eigenvalue weighted by molar-refractivity contribution is 9.10. The second kappa shape index (κ2) is 9.20. The zero-order valence-corrected chi connectivity index (χ0v) is 15.1. The lowest BCUT2D eigenvalue weighted by atomic mass is 10.1. The molecule has 1 N–H and O–H groups in total. The summed E-state index contributed by atoms with van der Waals surface area (Å²) in [6.45, 7) is 12.3. The summed E-state index contributed by atoms with van der Waals surface area (Å²) >= 11 is 3.37. The molecule has 0 aromatic carbocycles. The predicted molar refractivity (Wildman–Crippen MR) is 92.0 cm³/mol. The van der Waals surface area contributed by atoms with E-state index in [0.717, 1.165) is 38.2 Å². The van der Waals surface area contributed by atoms with Crippen LogP contribution in [0.4, 0.5) is 5.69 Å². The third kappa shape index (κ3) is 5.43. The Kier molecular flexibility index (Phi) is 7.96. The normalized spacial score (nSPS) is 12.7. The molecule has 120 valence electrons. The van der Waals surface area contributed by atoms with Gasteiger partial charge in [0.2, 0.25) is 0 Å². The Morgan fingerprint density at radius 3 is 2.62 bits per heavy atom. The van der Waals surface area contributed by atoms with E-state index >= 15 is 0 Å². The van der Waals surface area contributed by atoms with Crippen molar-refractivity contribution >= 4 is 21.6 Å².